The summed E-state index contributed by atoms with van der Waals surface area (Å²) in [5, 5.41) is 22.0. The third-order valence-electron chi connectivity index (χ3n) is 4.59. The monoisotopic (exact) mass is 315 g/mol. The fourth-order valence-electron chi connectivity index (χ4n) is 2.95. The van der Waals surface area contributed by atoms with Crippen LogP contribution in [0.5, 0.6) is 0 Å². The number of rotatable bonds is 6. The summed E-state index contributed by atoms with van der Waals surface area (Å²) in [4.78, 5) is 12.2. The summed E-state index contributed by atoms with van der Waals surface area (Å²) >= 11 is 0. The Balaban J connectivity index is 2.13. The van der Waals surface area contributed by atoms with Gasteiger partial charge in [-0.25, -0.2) is 0 Å². The minimum absolute atomic E-state index is 0.0738. The van der Waals surface area contributed by atoms with Crippen molar-refractivity contribution < 1.29 is 9.90 Å². The molecule has 0 atom stereocenters. The molecule has 1 fully saturated rings. The first-order chi connectivity index (χ1) is 10.9. The number of aliphatic hydroxyl groups is 1. The van der Waals surface area contributed by atoms with E-state index in [-0.39, 0.29) is 12.1 Å². The van der Waals surface area contributed by atoms with Crippen molar-refractivity contribution in [1.29, 1.82) is 5.26 Å². The number of aryl methyl sites for hydroxylation is 1. The molecule has 0 radical (unpaired) electrons. The molecule has 1 aromatic heterocycles. The van der Waals surface area contributed by atoms with E-state index in [0.717, 1.165) is 36.3 Å². The standard InChI is InChI=1S/C18H25N3O2/c1-4-8-21-13(2)9-15(14(21)3)10-16(11-19)17(22)20-12-18(23)6-5-7-18/h9-10,23H,4-8,12H2,1-3H3,(H,20,22). The summed E-state index contributed by atoms with van der Waals surface area (Å²) in [5.41, 5.74) is 2.36. The first-order valence-electron chi connectivity index (χ1n) is 8.19. The van der Waals surface area contributed by atoms with E-state index in [9.17, 15) is 15.2 Å². The third-order valence-corrected chi connectivity index (χ3v) is 4.59. The van der Waals surface area contributed by atoms with Gasteiger partial charge in [-0.2, -0.15) is 5.26 Å². The van der Waals surface area contributed by atoms with E-state index in [1.807, 2.05) is 26.0 Å². The van der Waals surface area contributed by atoms with Crippen molar-refractivity contribution in [3.8, 4) is 6.07 Å². The van der Waals surface area contributed by atoms with Crippen molar-refractivity contribution >= 4 is 12.0 Å². The molecule has 0 saturated heterocycles. The quantitative estimate of drug-likeness (QED) is 0.625. The van der Waals surface area contributed by atoms with Crippen molar-refractivity contribution in [3.63, 3.8) is 0 Å². The molecule has 5 nitrogen and oxygen atoms in total. The van der Waals surface area contributed by atoms with E-state index < -0.39 is 11.5 Å². The zero-order valence-corrected chi connectivity index (χ0v) is 14.1. The van der Waals surface area contributed by atoms with Crippen LogP contribution >= 0.6 is 0 Å². The van der Waals surface area contributed by atoms with Crippen LogP contribution < -0.4 is 5.32 Å². The van der Waals surface area contributed by atoms with Crippen LogP contribution in [0, 0.1) is 25.2 Å². The Kier molecular flexibility index (Phi) is 5.27. The molecule has 1 aliphatic carbocycles. The number of nitrogens with one attached hydrogen (secondary N) is 1. The molecule has 1 aromatic rings. The molecule has 0 unspecified atom stereocenters. The van der Waals surface area contributed by atoms with E-state index in [4.69, 9.17) is 0 Å². The predicted octanol–water partition coefficient (Wildman–Crippen LogP) is 2.45. The molecule has 0 aromatic carbocycles. The van der Waals surface area contributed by atoms with Gasteiger partial charge >= 0.3 is 0 Å². The number of carbonyl (C=O) groups excluding carboxylic acids is 1. The minimum atomic E-state index is -0.785. The van der Waals surface area contributed by atoms with Crippen molar-refractivity contribution in [1.82, 2.24) is 9.88 Å². The van der Waals surface area contributed by atoms with Crippen molar-refractivity contribution in [2.75, 3.05) is 6.54 Å². The van der Waals surface area contributed by atoms with Gasteiger partial charge < -0.3 is 15.0 Å². The SMILES string of the molecule is CCCn1c(C)cc(C=C(C#N)C(=O)NCC2(O)CCC2)c1C. The van der Waals surface area contributed by atoms with Crippen LogP contribution in [0.3, 0.4) is 0 Å². The summed E-state index contributed by atoms with van der Waals surface area (Å²) in [6, 6.07) is 3.96. The fourth-order valence-corrected chi connectivity index (χ4v) is 2.95. The molecule has 2 N–H and O–H groups in total. The topological polar surface area (TPSA) is 78.0 Å². The summed E-state index contributed by atoms with van der Waals surface area (Å²) in [7, 11) is 0. The predicted molar refractivity (Wildman–Crippen MR) is 89.6 cm³/mol. The number of amides is 1. The fraction of sp³-hybridized carbons (Fsp3) is 0.556. The van der Waals surface area contributed by atoms with Crippen molar-refractivity contribution in [2.45, 2.75) is 58.6 Å². The van der Waals surface area contributed by atoms with Gasteiger partial charge in [0, 0.05) is 24.5 Å². The van der Waals surface area contributed by atoms with Crippen LogP contribution in [0.25, 0.3) is 6.08 Å². The van der Waals surface area contributed by atoms with Crippen LogP contribution in [0.15, 0.2) is 11.6 Å². The highest BCUT2D eigenvalue weighted by atomic mass is 16.3. The van der Waals surface area contributed by atoms with E-state index in [2.05, 4.69) is 16.8 Å². The first-order valence-corrected chi connectivity index (χ1v) is 8.19. The normalized spacial score (nSPS) is 16.6. The first kappa shape index (κ1) is 17.3. The average Bonchev–Trinajstić information content (AvgIpc) is 2.76. The molecule has 2 rings (SSSR count). The van der Waals surface area contributed by atoms with Crippen LogP contribution in [0.4, 0.5) is 0 Å². The van der Waals surface area contributed by atoms with E-state index >= 15 is 0 Å². The van der Waals surface area contributed by atoms with Crippen LogP contribution in [0.2, 0.25) is 0 Å². The second kappa shape index (κ2) is 7.01. The molecule has 1 saturated carbocycles. The van der Waals surface area contributed by atoms with Crippen LogP contribution in [-0.4, -0.2) is 27.7 Å². The Morgan fingerprint density at radius 2 is 2.22 bits per heavy atom. The van der Waals surface area contributed by atoms with Gasteiger partial charge in [-0.15, -0.1) is 0 Å². The van der Waals surface area contributed by atoms with Gasteiger partial charge in [0.1, 0.15) is 11.6 Å². The summed E-state index contributed by atoms with van der Waals surface area (Å²) < 4.78 is 2.19. The van der Waals surface area contributed by atoms with Gasteiger partial charge in [0.05, 0.1) is 5.60 Å². The smallest absolute Gasteiger partial charge is 0.262 e. The number of hydrogen-bond acceptors (Lipinski definition) is 3. The Morgan fingerprint density at radius 3 is 2.74 bits per heavy atom. The van der Waals surface area contributed by atoms with E-state index in [1.54, 1.807) is 6.08 Å². The number of aromatic nitrogens is 1. The number of carbonyl (C=O) groups is 1. The van der Waals surface area contributed by atoms with Crippen molar-refractivity contribution in [2.24, 2.45) is 0 Å². The maximum absolute atomic E-state index is 12.2. The van der Waals surface area contributed by atoms with Gasteiger partial charge in [0.2, 0.25) is 0 Å². The Bertz CT molecular complexity index is 661. The van der Waals surface area contributed by atoms with Gasteiger partial charge in [-0.1, -0.05) is 6.92 Å². The Labute approximate surface area is 137 Å². The molecule has 5 heteroatoms. The molecule has 0 spiro atoms. The van der Waals surface area contributed by atoms with Crippen LogP contribution in [-0.2, 0) is 11.3 Å². The lowest BCUT2D eigenvalue weighted by Gasteiger charge is -2.36. The highest BCUT2D eigenvalue weighted by Gasteiger charge is 2.34. The zero-order chi connectivity index (χ0) is 17.0. The van der Waals surface area contributed by atoms with Gasteiger partial charge in [-0.05, 0) is 57.2 Å². The van der Waals surface area contributed by atoms with Gasteiger partial charge in [0.25, 0.3) is 5.91 Å². The van der Waals surface area contributed by atoms with Gasteiger partial charge in [0.15, 0.2) is 0 Å². The largest absolute Gasteiger partial charge is 0.388 e. The van der Waals surface area contributed by atoms with Crippen LogP contribution in [0.1, 0.15) is 49.6 Å². The molecule has 124 valence electrons. The Morgan fingerprint density at radius 1 is 1.52 bits per heavy atom. The summed E-state index contributed by atoms with van der Waals surface area (Å²) in [6.07, 6.45) is 5.06. The minimum Gasteiger partial charge on any atom is -0.388 e. The lowest BCUT2D eigenvalue weighted by atomic mass is 9.80. The maximum Gasteiger partial charge on any atom is 0.262 e. The highest BCUT2D eigenvalue weighted by molar-refractivity contribution is 6.01. The number of nitriles is 1. The average molecular weight is 315 g/mol. The lowest BCUT2D eigenvalue weighted by Crippen LogP contribution is -2.48. The summed E-state index contributed by atoms with van der Waals surface area (Å²) in [6.45, 7) is 7.27. The second-order valence-electron chi connectivity index (χ2n) is 6.41. The van der Waals surface area contributed by atoms with Gasteiger partial charge in [-0.3, -0.25) is 4.79 Å². The third kappa shape index (κ3) is 3.83. The molecule has 1 aliphatic rings. The molecule has 23 heavy (non-hydrogen) atoms. The number of nitrogens with zero attached hydrogens (tertiary/aromatic N) is 2. The molecular weight excluding hydrogens is 290 g/mol. The van der Waals surface area contributed by atoms with E-state index in [1.165, 1.54) is 0 Å². The zero-order valence-electron chi connectivity index (χ0n) is 14.1. The van der Waals surface area contributed by atoms with Crippen molar-refractivity contribution in [3.05, 3.63) is 28.6 Å². The highest BCUT2D eigenvalue weighted by Crippen LogP contribution is 2.30. The number of hydrogen-bond donors (Lipinski definition) is 2. The molecule has 1 heterocycles. The Hall–Kier alpha value is -2.06. The summed E-state index contributed by atoms with van der Waals surface area (Å²) in [5.74, 6) is -0.423. The molecule has 0 bridgehead atoms. The molecule has 0 aliphatic heterocycles. The molecule has 1 amide bonds. The maximum atomic E-state index is 12.2. The molecular formula is C18H25N3O2. The lowest BCUT2D eigenvalue weighted by molar-refractivity contribution is -0.119. The van der Waals surface area contributed by atoms with E-state index in [0.29, 0.717) is 12.8 Å². The second-order valence-corrected chi connectivity index (χ2v) is 6.41.